The van der Waals surface area contributed by atoms with E-state index in [1.165, 1.54) is 86.2 Å². The van der Waals surface area contributed by atoms with Gasteiger partial charge < -0.3 is 18.2 Å². The lowest BCUT2D eigenvalue weighted by molar-refractivity contribution is 0.590. The van der Waals surface area contributed by atoms with Crippen LogP contribution < -0.4 is 15.7 Å². The Balaban J connectivity index is 1.17. The van der Waals surface area contributed by atoms with Crippen LogP contribution in [0.4, 0.5) is 11.4 Å². The fourth-order valence-electron chi connectivity index (χ4n) is 12.1. The Morgan fingerprint density at radius 3 is 1.93 bits per heavy atom. The minimum absolute atomic E-state index is 0.00463. The second-order valence-corrected chi connectivity index (χ2v) is 22.7. The van der Waals surface area contributed by atoms with Crippen molar-refractivity contribution >= 4 is 115 Å². The first-order valence-electron chi connectivity index (χ1n) is 24.5. The first kappa shape index (κ1) is 40.1. The zero-order chi connectivity index (χ0) is 46.9. The second kappa shape index (κ2) is 13.9. The third-order valence-electron chi connectivity index (χ3n) is 15.5. The number of nitrogens with zero attached hydrogens (tertiary/aromatic N) is 2. The smallest absolute Gasteiger partial charge is 0.333 e. The minimum atomic E-state index is -0.251. The van der Waals surface area contributed by atoms with E-state index in [-0.39, 0.29) is 17.7 Å². The van der Waals surface area contributed by atoms with Crippen molar-refractivity contribution < 1.29 is 8.83 Å². The van der Waals surface area contributed by atoms with Crippen LogP contribution >= 0.6 is 11.3 Å². The molecule has 9 aromatic carbocycles. The number of para-hydroxylation sites is 1. The van der Waals surface area contributed by atoms with Gasteiger partial charge in [0.15, 0.2) is 0 Å². The van der Waals surface area contributed by atoms with Gasteiger partial charge in [-0.05, 0) is 99.1 Å². The SMILES string of the molecule is CC(C)(C)c1ccc(N2B3c4cc5oc(-c6ccccc6)c(-c6ccccc6)c5cc4-n4c5ccc(C(C)(C)C)cc5c5c6c(oc7ccccc76)c(c3c54)-c3cc4c(cc32)sc2ccccc24)cc1. The topological polar surface area (TPSA) is 34.5 Å². The van der Waals surface area contributed by atoms with Crippen LogP contribution in [0, 0.1) is 0 Å². The summed E-state index contributed by atoms with van der Waals surface area (Å²) < 4.78 is 19.8. The molecule has 70 heavy (non-hydrogen) atoms. The van der Waals surface area contributed by atoms with Gasteiger partial charge in [0.25, 0.3) is 0 Å². The van der Waals surface area contributed by atoms with Crippen molar-refractivity contribution in [2.24, 2.45) is 0 Å². The van der Waals surface area contributed by atoms with E-state index in [0.717, 1.165) is 61.3 Å². The van der Waals surface area contributed by atoms with Gasteiger partial charge in [-0.1, -0.05) is 157 Å². The fraction of sp³-hybridized carbons (Fsp3) is 0.125. The molecule has 4 nitrogen and oxygen atoms in total. The van der Waals surface area contributed by atoms with Gasteiger partial charge in [-0.15, -0.1) is 11.3 Å². The van der Waals surface area contributed by atoms with E-state index in [1.807, 2.05) is 11.3 Å². The summed E-state index contributed by atoms with van der Waals surface area (Å²) in [6.45, 7) is 13.6. The maximum atomic E-state index is 7.35. The highest BCUT2D eigenvalue weighted by Gasteiger charge is 2.47. The molecule has 0 radical (unpaired) electrons. The molecule has 2 aliphatic heterocycles. The molecule has 13 aromatic rings. The summed E-state index contributed by atoms with van der Waals surface area (Å²) in [6.07, 6.45) is 0. The Bertz CT molecular complexity index is 4370. The first-order chi connectivity index (χ1) is 34.0. The van der Waals surface area contributed by atoms with Crippen LogP contribution in [0.3, 0.4) is 0 Å². The van der Waals surface area contributed by atoms with Crippen LogP contribution in [0.15, 0.2) is 185 Å². The minimum Gasteiger partial charge on any atom is -0.455 e. The fourth-order valence-corrected chi connectivity index (χ4v) is 13.3. The monoisotopic (exact) mass is 918 g/mol. The molecule has 6 heteroatoms. The molecule has 0 N–H and O–H groups in total. The highest BCUT2D eigenvalue weighted by atomic mass is 32.1. The Hall–Kier alpha value is -7.80. The number of hydrogen-bond donors (Lipinski definition) is 0. The lowest BCUT2D eigenvalue weighted by Gasteiger charge is -2.42. The third-order valence-corrected chi connectivity index (χ3v) is 16.6. The van der Waals surface area contributed by atoms with E-state index in [1.54, 1.807) is 0 Å². The molecule has 0 saturated heterocycles. The molecule has 0 unspecified atom stereocenters. The zero-order valence-electron chi connectivity index (χ0n) is 39.9. The number of furan rings is 2. The van der Waals surface area contributed by atoms with E-state index < -0.39 is 0 Å². The van der Waals surface area contributed by atoms with Crippen LogP contribution in [0.5, 0.6) is 0 Å². The first-order valence-corrected chi connectivity index (χ1v) is 25.3. The molecule has 0 amide bonds. The van der Waals surface area contributed by atoms with Crippen molar-refractivity contribution in [3.63, 3.8) is 0 Å². The van der Waals surface area contributed by atoms with Crippen LogP contribution in [0.25, 0.3) is 114 Å². The van der Waals surface area contributed by atoms with Crippen molar-refractivity contribution in [2.75, 3.05) is 4.81 Å². The molecule has 0 spiro atoms. The number of benzene rings is 9. The standard InChI is InChI=1S/C64H47BN2O2S/c1-63(2,3)38-25-28-40(29-26-38)67-49-35-54-43(41-21-14-16-24-53(41)70-54)32-45(49)58-59-60-56(57-42-22-13-15-23-51(42)68-62(57)58)44-31-39(64(4,5)6)27-30-48(44)66(60)50-33-46-52(34-47(50)65(59)67)69-61(37-19-11-8-12-20-37)55(46)36-17-9-7-10-18-36/h7-35H,1-6H3. The molecule has 0 fully saturated rings. The summed E-state index contributed by atoms with van der Waals surface area (Å²) >= 11 is 1.87. The van der Waals surface area contributed by atoms with Gasteiger partial charge in [-0.25, -0.2) is 0 Å². The van der Waals surface area contributed by atoms with Crippen LogP contribution in [0.2, 0.25) is 0 Å². The van der Waals surface area contributed by atoms with Crippen molar-refractivity contribution in [3.05, 3.63) is 187 Å². The largest absolute Gasteiger partial charge is 0.455 e. The lowest BCUT2D eigenvalue weighted by atomic mass is 9.43. The summed E-state index contributed by atoms with van der Waals surface area (Å²) in [7, 11) is 0. The Labute approximate surface area is 410 Å². The summed E-state index contributed by atoms with van der Waals surface area (Å²) in [6, 6.07) is 65.3. The average molecular weight is 919 g/mol. The number of hydrogen-bond acceptors (Lipinski definition) is 4. The third kappa shape index (κ3) is 5.43. The van der Waals surface area contributed by atoms with Gasteiger partial charge in [-0.3, -0.25) is 0 Å². The maximum absolute atomic E-state index is 7.35. The highest BCUT2D eigenvalue weighted by molar-refractivity contribution is 7.25. The summed E-state index contributed by atoms with van der Waals surface area (Å²) in [5.41, 5.74) is 19.2. The normalized spacial score (nSPS) is 13.5. The van der Waals surface area contributed by atoms with Crippen molar-refractivity contribution in [1.29, 1.82) is 0 Å². The van der Waals surface area contributed by atoms with Crippen molar-refractivity contribution in [2.45, 2.75) is 52.4 Å². The van der Waals surface area contributed by atoms with Gasteiger partial charge in [0.2, 0.25) is 0 Å². The second-order valence-electron chi connectivity index (χ2n) is 21.6. The number of rotatable bonds is 3. The Kier molecular flexibility index (Phi) is 7.98. The molecular weight excluding hydrogens is 872 g/mol. The molecule has 0 atom stereocenters. The summed E-state index contributed by atoms with van der Waals surface area (Å²) in [5.74, 6) is 0.874. The van der Waals surface area contributed by atoms with E-state index in [0.29, 0.717) is 0 Å². The predicted molar refractivity (Wildman–Crippen MR) is 298 cm³/mol. The van der Waals surface area contributed by atoms with Crippen LogP contribution in [-0.2, 0) is 10.8 Å². The Morgan fingerprint density at radius 2 is 1.17 bits per heavy atom. The van der Waals surface area contributed by atoms with Gasteiger partial charge >= 0.3 is 6.85 Å². The Morgan fingerprint density at radius 1 is 0.486 bits per heavy atom. The average Bonchev–Trinajstić information content (AvgIpc) is 4.14. The summed E-state index contributed by atoms with van der Waals surface area (Å²) in [5, 5.41) is 8.42. The van der Waals surface area contributed by atoms with Gasteiger partial charge in [0.05, 0.1) is 11.0 Å². The van der Waals surface area contributed by atoms with E-state index in [4.69, 9.17) is 8.83 Å². The van der Waals surface area contributed by atoms with E-state index in [9.17, 15) is 0 Å². The highest BCUT2D eigenvalue weighted by Crippen LogP contribution is 2.54. The lowest BCUT2D eigenvalue weighted by Crippen LogP contribution is -2.60. The van der Waals surface area contributed by atoms with Crippen molar-refractivity contribution in [1.82, 2.24) is 4.57 Å². The number of anilines is 2. The maximum Gasteiger partial charge on any atom is 0.333 e. The molecule has 6 heterocycles. The molecule has 2 aliphatic rings. The molecule has 0 saturated carbocycles. The number of fused-ring (bicyclic) bond motifs is 17. The van der Waals surface area contributed by atoms with Crippen molar-refractivity contribution in [3.8, 4) is 39.3 Å². The van der Waals surface area contributed by atoms with Gasteiger partial charge in [0, 0.05) is 86.4 Å². The van der Waals surface area contributed by atoms with Crippen LogP contribution in [-0.4, -0.2) is 11.4 Å². The van der Waals surface area contributed by atoms with Gasteiger partial charge in [0.1, 0.15) is 22.5 Å². The molecule has 15 rings (SSSR count). The molecule has 0 bridgehead atoms. The molecule has 0 aliphatic carbocycles. The summed E-state index contributed by atoms with van der Waals surface area (Å²) in [4.78, 5) is 2.65. The number of aromatic nitrogens is 1. The number of thiophene rings is 1. The molecule has 334 valence electrons. The van der Waals surface area contributed by atoms with E-state index >= 15 is 0 Å². The molecular formula is C64H47BN2O2S. The van der Waals surface area contributed by atoms with Crippen LogP contribution in [0.1, 0.15) is 52.7 Å². The predicted octanol–water partition coefficient (Wildman–Crippen LogP) is 17.0. The molecule has 4 aromatic heterocycles. The van der Waals surface area contributed by atoms with Gasteiger partial charge in [-0.2, -0.15) is 0 Å². The van der Waals surface area contributed by atoms with E-state index in [2.05, 4.69) is 227 Å². The quantitative estimate of drug-likeness (QED) is 0.166. The zero-order valence-corrected chi connectivity index (χ0v) is 40.8.